The summed E-state index contributed by atoms with van der Waals surface area (Å²) in [6, 6.07) is 0. The van der Waals surface area contributed by atoms with Crippen molar-refractivity contribution in [2.24, 2.45) is 0 Å². The Morgan fingerprint density at radius 1 is 1.18 bits per heavy atom. The van der Waals surface area contributed by atoms with E-state index >= 15 is 0 Å². The topological polar surface area (TPSA) is 37.3 Å². The quantitative estimate of drug-likeness (QED) is 0.635. The third-order valence-electron chi connectivity index (χ3n) is 1.49. The number of unbranched alkanes of at least 4 members (excludes halogenated alkanes) is 4. The number of carboxylic acids is 1. The molecule has 0 amide bonds. The summed E-state index contributed by atoms with van der Waals surface area (Å²) in [5.41, 5.74) is 0. The molecule has 0 aliphatic heterocycles. The molecule has 0 radical (unpaired) electrons. The third-order valence-corrected chi connectivity index (χ3v) is 1.49. The molecule has 1 N–H and O–H groups in total. The lowest BCUT2D eigenvalue weighted by atomic mass is 10.1. The molecule has 0 aliphatic rings. The first-order valence-electron chi connectivity index (χ1n) is 3.99. The average Bonchev–Trinajstić information content (AvgIpc) is 1.87. The Balaban J connectivity index is 0. The van der Waals surface area contributed by atoms with Crippen molar-refractivity contribution in [1.29, 1.82) is 0 Å². The van der Waals surface area contributed by atoms with Crippen LogP contribution in [0.1, 0.15) is 45.4 Å². The normalized spacial score (nSPS) is 8.82. The summed E-state index contributed by atoms with van der Waals surface area (Å²) in [7, 11) is 0. The lowest BCUT2D eigenvalue weighted by molar-refractivity contribution is -0.137. The molecular weight excluding hydrogens is 160 g/mol. The minimum absolute atomic E-state index is 0. The SMILES string of the molecule is CCCCCCCC(=O)O.S. The number of aliphatic carboxylic acids is 1. The van der Waals surface area contributed by atoms with Crippen molar-refractivity contribution in [2.45, 2.75) is 45.4 Å². The summed E-state index contributed by atoms with van der Waals surface area (Å²) in [6.45, 7) is 2.15. The summed E-state index contributed by atoms with van der Waals surface area (Å²) in [5.74, 6) is -0.670. The van der Waals surface area contributed by atoms with Gasteiger partial charge in [0.25, 0.3) is 0 Å². The number of carbonyl (C=O) groups is 1. The predicted octanol–water partition coefficient (Wildman–Crippen LogP) is 2.54. The zero-order valence-corrected chi connectivity index (χ0v) is 8.10. The van der Waals surface area contributed by atoms with E-state index in [1.165, 1.54) is 19.3 Å². The lowest BCUT2D eigenvalue weighted by Crippen LogP contribution is -1.93. The molecule has 68 valence electrons. The minimum Gasteiger partial charge on any atom is -0.481 e. The van der Waals surface area contributed by atoms with Gasteiger partial charge in [0, 0.05) is 6.42 Å². The molecule has 3 heteroatoms. The van der Waals surface area contributed by atoms with Crippen molar-refractivity contribution in [3.05, 3.63) is 0 Å². The number of hydrogen-bond donors (Lipinski definition) is 1. The van der Waals surface area contributed by atoms with Crippen LogP contribution in [-0.2, 0) is 4.79 Å². The maximum absolute atomic E-state index is 10.0. The molecule has 0 bridgehead atoms. The van der Waals surface area contributed by atoms with Gasteiger partial charge in [0.15, 0.2) is 0 Å². The maximum Gasteiger partial charge on any atom is 0.303 e. The molecule has 0 atom stereocenters. The maximum atomic E-state index is 10.0. The van der Waals surface area contributed by atoms with Crippen molar-refractivity contribution in [3.8, 4) is 0 Å². The van der Waals surface area contributed by atoms with Gasteiger partial charge in [-0.3, -0.25) is 4.79 Å². The first-order chi connectivity index (χ1) is 4.77. The van der Waals surface area contributed by atoms with Gasteiger partial charge in [-0.15, -0.1) is 0 Å². The Labute approximate surface area is 75.4 Å². The van der Waals surface area contributed by atoms with Gasteiger partial charge in [0.05, 0.1) is 0 Å². The fraction of sp³-hybridized carbons (Fsp3) is 0.875. The minimum atomic E-state index is -0.670. The van der Waals surface area contributed by atoms with Crippen LogP contribution in [0.2, 0.25) is 0 Å². The fourth-order valence-corrected chi connectivity index (χ4v) is 0.880. The van der Waals surface area contributed by atoms with Crippen molar-refractivity contribution >= 4 is 19.5 Å². The van der Waals surface area contributed by atoms with E-state index in [1.54, 1.807) is 0 Å². The van der Waals surface area contributed by atoms with Gasteiger partial charge in [-0.05, 0) is 6.42 Å². The summed E-state index contributed by atoms with van der Waals surface area (Å²) in [4.78, 5) is 10.0. The zero-order valence-electron chi connectivity index (χ0n) is 7.10. The Morgan fingerprint density at radius 3 is 2.18 bits per heavy atom. The van der Waals surface area contributed by atoms with Gasteiger partial charge < -0.3 is 5.11 Å². The van der Waals surface area contributed by atoms with Gasteiger partial charge in [-0.1, -0.05) is 32.6 Å². The molecule has 0 unspecified atom stereocenters. The summed E-state index contributed by atoms with van der Waals surface area (Å²) in [5, 5.41) is 8.27. The molecule has 0 saturated heterocycles. The highest BCUT2D eigenvalue weighted by atomic mass is 32.1. The number of carboxylic acid groups (broad SMARTS) is 1. The zero-order chi connectivity index (χ0) is 7.82. The standard InChI is InChI=1S/C8H16O2.H2S/c1-2-3-4-5-6-7-8(9)10;/h2-7H2,1H3,(H,9,10);1H2. The van der Waals surface area contributed by atoms with Crippen molar-refractivity contribution in [1.82, 2.24) is 0 Å². The number of hydrogen-bond acceptors (Lipinski definition) is 1. The summed E-state index contributed by atoms with van der Waals surface area (Å²) >= 11 is 0. The van der Waals surface area contributed by atoms with E-state index in [-0.39, 0.29) is 13.5 Å². The van der Waals surface area contributed by atoms with E-state index in [9.17, 15) is 4.79 Å². The molecule has 0 aromatic carbocycles. The van der Waals surface area contributed by atoms with E-state index in [0.717, 1.165) is 12.8 Å². The number of rotatable bonds is 6. The van der Waals surface area contributed by atoms with Crippen LogP contribution in [0.5, 0.6) is 0 Å². The molecule has 0 rings (SSSR count). The first-order valence-corrected chi connectivity index (χ1v) is 3.99. The van der Waals surface area contributed by atoms with E-state index < -0.39 is 5.97 Å². The Morgan fingerprint density at radius 2 is 1.73 bits per heavy atom. The monoisotopic (exact) mass is 178 g/mol. The van der Waals surface area contributed by atoms with Crippen LogP contribution in [0.15, 0.2) is 0 Å². The van der Waals surface area contributed by atoms with Gasteiger partial charge in [0.1, 0.15) is 0 Å². The van der Waals surface area contributed by atoms with E-state index in [0.29, 0.717) is 6.42 Å². The molecule has 0 spiro atoms. The van der Waals surface area contributed by atoms with Crippen molar-refractivity contribution in [2.75, 3.05) is 0 Å². The van der Waals surface area contributed by atoms with Gasteiger partial charge in [0.2, 0.25) is 0 Å². The second-order valence-corrected chi connectivity index (χ2v) is 2.56. The summed E-state index contributed by atoms with van der Waals surface area (Å²) < 4.78 is 0. The van der Waals surface area contributed by atoms with Crippen LogP contribution in [0.4, 0.5) is 0 Å². The van der Waals surface area contributed by atoms with Crippen LogP contribution in [0, 0.1) is 0 Å². The predicted molar refractivity (Wildman–Crippen MR) is 51.4 cm³/mol. The van der Waals surface area contributed by atoms with Gasteiger partial charge in [-0.2, -0.15) is 13.5 Å². The summed E-state index contributed by atoms with van der Waals surface area (Å²) in [6.07, 6.45) is 5.88. The molecule has 0 aliphatic carbocycles. The molecule has 2 nitrogen and oxygen atoms in total. The molecular formula is C8H18O2S. The first kappa shape index (κ1) is 13.4. The van der Waals surface area contributed by atoms with Crippen LogP contribution >= 0.6 is 13.5 Å². The van der Waals surface area contributed by atoms with Crippen molar-refractivity contribution < 1.29 is 9.90 Å². The molecule has 0 fully saturated rings. The molecule has 0 saturated carbocycles. The van der Waals surface area contributed by atoms with Crippen LogP contribution in [-0.4, -0.2) is 11.1 Å². The highest BCUT2D eigenvalue weighted by molar-refractivity contribution is 7.59. The van der Waals surface area contributed by atoms with E-state index in [2.05, 4.69) is 6.92 Å². The van der Waals surface area contributed by atoms with Crippen LogP contribution in [0.25, 0.3) is 0 Å². The lowest BCUT2D eigenvalue weighted by Gasteiger charge is -1.95. The van der Waals surface area contributed by atoms with Crippen LogP contribution < -0.4 is 0 Å². The Kier molecular flexibility index (Phi) is 12.0. The van der Waals surface area contributed by atoms with E-state index in [4.69, 9.17) is 5.11 Å². The Bertz CT molecular complexity index is 94.1. The largest absolute Gasteiger partial charge is 0.481 e. The molecule has 11 heavy (non-hydrogen) atoms. The van der Waals surface area contributed by atoms with Gasteiger partial charge >= 0.3 is 5.97 Å². The second-order valence-electron chi connectivity index (χ2n) is 2.56. The average molecular weight is 178 g/mol. The second kappa shape index (κ2) is 9.82. The highest BCUT2D eigenvalue weighted by Crippen LogP contribution is 2.04. The van der Waals surface area contributed by atoms with Crippen molar-refractivity contribution in [3.63, 3.8) is 0 Å². The van der Waals surface area contributed by atoms with Crippen LogP contribution in [0.3, 0.4) is 0 Å². The van der Waals surface area contributed by atoms with E-state index in [1.807, 2.05) is 0 Å². The van der Waals surface area contributed by atoms with Gasteiger partial charge in [-0.25, -0.2) is 0 Å². The third kappa shape index (κ3) is 12.9. The molecule has 0 aromatic rings. The molecule has 0 heterocycles. The Hall–Kier alpha value is -0.180. The molecule has 0 aromatic heterocycles. The fourth-order valence-electron chi connectivity index (χ4n) is 0.880. The smallest absolute Gasteiger partial charge is 0.303 e. The highest BCUT2D eigenvalue weighted by Gasteiger charge is 1.94.